The van der Waals surface area contributed by atoms with Gasteiger partial charge in [0.15, 0.2) is 0 Å². The molecule has 2 aromatic rings. The summed E-state index contributed by atoms with van der Waals surface area (Å²) in [5.41, 5.74) is 0. The molecule has 2 aromatic heterocycles. The van der Waals surface area contributed by atoms with E-state index in [0.29, 0.717) is 17.8 Å². The van der Waals surface area contributed by atoms with Crippen LogP contribution >= 0.6 is 0 Å². The molecule has 0 saturated carbocycles. The first-order valence-electron chi connectivity index (χ1n) is 6.26. The van der Waals surface area contributed by atoms with Crippen LogP contribution in [-0.4, -0.2) is 58.0 Å². The SMILES string of the molecule is CNc1nc(N2CCNCC2)nc(-n2cccn2)n1. The lowest BCUT2D eigenvalue weighted by Gasteiger charge is -2.27. The lowest BCUT2D eigenvalue weighted by atomic mass is 10.4. The van der Waals surface area contributed by atoms with Crippen molar-refractivity contribution in [2.45, 2.75) is 0 Å². The highest BCUT2D eigenvalue weighted by molar-refractivity contribution is 5.40. The summed E-state index contributed by atoms with van der Waals surface area (Å²) < 4.78 is 1.63. The van der Waals surface area contributed by atoms with Crippen LogP contribution in [0.1, 0.15) is 0 Å². The number of hydrogen-bond acceptors (Lipinski definition) is 7. The number of nitrogens with one attached hydrogen (secondary N) is 2. The zero-order valence-electron chi connectivity index (χ0n) is 10.7. The van der Waals surface area contributed by atoms with Gasteiger partial charge in [-0.05, 0) is 6.07 Å². The number of anilines is 2. The van der Waals surface area contributed by atoms with Gasteiger partial charge in [-0.15, -0.1) is 0 Å². The second-order valence-corrected chi connectivity index (χ2v) is 4.20. The Hall–Kier alpha value is -2.22. The van der Waals surface area contributed by atoms with Gasteiger partial charge in [0, 0.05) is 45.6 Å². The van der Waals surface area contributed by atoms with Gasteiger partial charge in [-0.3, -0.25) is 0 Å². The van der Waals surface area contributed by atoms with E-state index < -0.39 is 0 Å². The Morgan fingerprint density at radius 1 is 1.16 bits per heavy atom. The Balaban J connectivity index is 1.97. The van der Waals surface area contributed by atoms with Crippen molar-refractivity contribution in [1.82, 2.24) is 30.0 Å². The third kappa shape index (κ3) is 2.48. The Kier molecular flexibility index (Phi) is 3.23. The van der Waals surface area contributed by atoms with E-state index in [1.54, 1.807) is 17.9 Å². The number of aromatic nitrogens is 5. The molecule has 2 N–H and O–H groups in total. The summed E-state index contributed by atoms with van der Waals surface area (Å²) in [6.07, 6.45) is 3.52. The third-order valence-corrected chi connectivity index (χ3v) is 2.94. The minimum Gasteiger partial charge on any atom is -0.357 e. The molecule has 3 heterocycles. The van der Waals surface area contributed by atoms with Crippen LogP contribution in [0.4, 0.5) is 11.9 Å². The van der Waals surface area contributed by atoms with Gasteiger partial charge in [0.25, 0.3) is 5.95 Å². The molecule has 8 heteroatoms. The molecule has 19 heavy (non-hydrogen) atoms. The Labute approximate surface area is 110 Å². The van der Waals surface area contributed by atoms with E-state index in [9.17, 15) is 0 Å². The van der Waals surface area contributed by atoms with E-state index in [2.05, 4.69) is 35.6 Å². The molecule has 0 aromatic carbocycles. The van der Waals surface area contributed by atoms with Gasteiger partial charge in [0.1, 0.15) is 0 Å². The molecule has 0 spiro atoms. The van der Waals surface area contributed by atoms with E-state index in [-0.39, 0.29) is 0 Å². The van der Waals surface area contributed by atoms with E-state index in [4.69, 9.17) is 0 Å². The number of piperazine rings is 1. The molecule has 0 unspecified atom stereocenters. The quantitative estimate of drug-likeness (QED) is 0.770. The molecule has 8 nitrogen and oxygen atoms in total. The molecule has 1 aliphatic rings. The van der Waals surface area contributed by atoms with Crippen molar-refractivity contribution < 1.29 is 0 Å². The fraction of sp³-hybridized carbons (Fsp3) is 0.455. The van der Waals surface area contributed by atoms with Crippen LogP contribution in [0.3, 0.4) is 0 Å². The third-order valence-electron chi connectivity index (χ3n) is 2.94. The molecule has 1 saturated heterocycles. The van der Waals surface area contributed by atoms with Crippen LogP contribution in [0.25, 0.3) is 5.95 Å². The smallest absolute Gasteiger partial charge is 0.257 e. The van der Waals surface area contributed by atoms with Gasteiger partial charge in [-0.25, -0.2) is 4.68 Å². The Morgan fingerprint density at radius 2 is 1.95 bits per heavy atom. The second-order valence-electron chi connectivity index (χ2n) is 4.20. The molecule has 0 amide bonds. The van der Waals surface area contributed by atoms with Gasteiger partial charge < -0.3 is 15.5 Å². The highest BCUT2D eigenvalue weighted by Crippen LogP contribution is 2.13. The minimum absolute atomic E-state index is 0.526. The summed E-state index contributed by atoms with van der Waals surface area (Å²) in [5.74, 6) is 1.76. The van der Waals surface area contributed by atoms with E-state index in [1.165, 1.54) is 0 Å². The first-order chi connectivity index (χ1) is 9.36. The Morgan fingerprint density at radius 3 is 2.63 bits per heavy atom. The average molecular weight is 260 g/mol. The maximum absolute atomic E-state index is 4.48. The van der Waals surface area contributed by atoms with Crippen molar-refractivity contribution in [3.63, 3.8) is 0 Å². The first kappa shape index (κ1) is 11.8. The molecule has 3 rings (SSSR count). The zero-order valence-corrected chi connectivity index (χ0v) is 10.7. The summed E-state index contributed by atoms with van der Waals surface area (Å²) in [6, 6.07) is 1.84. The van der Waals surface area contributed by atoms with Gasteiger partial charge >= 0.3 is 0 Å². The van der Waals surface area contributed by atoms with Crippen molar-refractivity contribution in [2.24, 2.45) is 0 Å². The van der Waals surface area contributed by atoms with Gasteiger partial charge in [-0.1, -0.05) is 0 Å². The van der Waals surface area contributed by atoms with Crippen molar-refractivity contribution in [2.75, 3.05) is 43.4 Å². The van der Waals surface area contributed by atoms with Crippen LogP contribution in [0.15, 0.2) is 18.5 Å². The summed E-state index contributed by atoms with van der Waals surface area (Å²) in [6.45, 7) is 3.67. The van der Waals surface area contributed by atoms with Gasteiger partial charge in [0.2, 0.25) is 11.9 Å². The monoisotopic (exact) mass is 260 g/mol. The predicted molar refractivity (Wildman–Crippen MR) is 71.6 cm³/mol. The largest absolute Gasteiger partial charge is 0.357 e. The highest BCUT2D eigenvalue weighted by atomic mass is 15.4. The molecule has 0 bridgehead atoms. The number of hydrogen-bond donors (Lipinski definition) is 2. The van der Waals surface area contributed by atoms with Crippen molar-refractivity contribution in [3.8, 4) is 5.95 Å². The van der Waals surface area contributed by atoms with Crippen LogP contribution < -0.4 is 15.5 Å². The molecule has 1 fully saturated rings. The zero-order chi connectivity index (χ0) is 13.1. The van der Waals surface area contributed by atoms with Gasteiger partial charge in [-0.2, -0.15) is 20.1 Å². The van der Waals surface area contributed by atoms with Crippen molar-refractivity contribution >= 4 is 11.9 Å². The average Bonchev–Trinajstić information content (AvgIpc) is 3.02. The first-order valence-corrected chi connectivity index (χ1v) is 6.26. The summed E-state index contributed by atoms with van der Waals surface area (Å²) in [4.78, 5) is 15.4. The maximum atomic E-state index is 4.48. The summed E-state index contributed by atoms with van der Waals surface area (Å²) >= 11 is 0. The molecule has 0 radical (unpaired) electrons. The van der Waals surface area contributed by atoms with Crippen LogP contribution in [0.2, 0.25) is 0 Å². The molecule has 100 valence electrons. The molecule has 0 atom stereocenters. The fourth-order valence-electron chi connectivity index (χ4n) is 1.96. The normalized spacial score (nSPS) is 15.5. The molecule has 0 aliphatic carbocycles. The van der Waals surface area contributed by atoms with Crippen LogP contribution in [-0.2, 0) is 0 Å². The topological polar surface area (TPSA) is 83.8 Å². The standard InChI is InChI=1S/C11H16N8/c1-12-9-15-10(18-7-4-13-5-8-18)17-11(16-9)19-6-2-3-14-19/h2-3,6,13H,4-5,7-8H2,1H3,(H,12,15,16,17). The number of nitrogens with zero attached hydrogens (tertiary/aromatic N) is 6. The van der Waals surface area contributed by atoms with E-state index in [0.717, 1.165) is 26.2 Å². The summed E-state index contributed by atoms with van der Waals surface area (Å²) in [5, 5.41) is 10.4. The van der Waals surface area contributed by atoms with Crippen LogP contribution in [0, 0.1) is 0 Å². The lowest BCUT2D eigenvalue weighted by molar-refractivity contribution is 0.578. The van der Waals surface area contributed by atoms with Crippen molar-refractivity contribution in [3.05, 3.63) is 18.5 Å². The molecule has 1 aliphatic heterocycles. The van der Waals surface area contributed by atoms with E-state index >= 15 is 0 Å². The van der Waals surface area contributed by atoms with Crippen molar-refractivity contribution in [1.29, 1.82) is 0 Å². The maximum Gasteiger partial charge on any atom is 0.257 e. The fourth-order valence-corrected chi connectivity index (χ4v) is 1.96. The highest BCUT2D eigenvalue weighted by Gasteiger charge is 2.16. The van der Waals surface area contributed by atoms with Crippen LogP contribution in [0.5, 0.6) is 0 Å². The molecular weight excluding hydrogens is 244 g/mol. The predicted octanol–water partition coefficient (Wildman–Crippen LogP) is -0.491. The number of rotatable bonds is 3. The molecular formula is C11H16N8. The van der Waals surface area contributed by atoms with E-state index in [1.807, 2.05) is 12.3 Å². The lowest BCUT2D eigenvalue weighted by Crippen LogP contribution is -2.44. The second kappa shape index (κ2) is 5.19. The summed E-state index contributed by atoms with van der Waals surface area (Å²) in [7, 11) is 1.80. The minimum atomic E-state index is 0.526. The Bertz CT molecular complexity index is 532. The van der Waals surface area contributed by atoms with Gasteiger partial charge in [0.05, 0.1) is 0 Å².